The van der Waals surface area contributed by atoms with Crippen molar-refractivity contribution in [2.24, 2.45) is 0 Å². The molecule has 3 rings (SSSR count). The van der Waals surface area contributed by atoms with Crippen LogP contribution in [0.4, 0.5) is 0 Å². The van der Waals surface area contributed by atoms with Gasteiger partial charge in [0.15, 0.2) is 17.6 Å². The Hall–Kier alpha value is -3.21. The number of benzene rings is 3. The predicted molar refractivity (Wildman–Crippen MR) is 115 cm³/mol. The molecule has 3 aromatic carbocycles. The van der Waals surface area contributed by atoms with Crippen LogP contribution in [-0.4, -0.2) is 25.2 Å². The van der Waals surface area contributed by atoms with E-state index in [1.807, 2.05) is 74.5 Å². The Morgan fingerprint density at radius 1 is 0.897 bits per heavy atom. The highest BCUT2D eigenvalue weighted by molar-refractivity contribution is 5.89. The number of ether oxygens (including phenoxy) is 3. The van der Waals surface area contributed by atoms with Crippen LogP contribution in [-0.2, 0) is 11.3 Å². The lowest BCUT2D eigenvalue weighted by atomic mass is 10.1. The molecular formula is C24H27NO4. The van der Waals surface area contributed by atoms with E-state index in [-0.39, 0.29) is 5.91 Å². The maximum Gasteiger partial charge on any atom is 0.261 e. The Bertz CT molecular complexity index is 965. The third-order valence-corrected chi connectivity index (χ3v) is 4.50. The minimum absolute atomic E-state index is 0.176. The van der Waals surface area contributed by atoms with Crippen molar-refractivity contribution < 1.29 is 19.0 Å². The molecule has 1 unspecified atom stereocenters. The quantitative estimate of drug-likeness (QED) is 0.571. The first-order chi connectivity index (χ1) is 14.1. The summed E-state index contributed by atoms with van der Waals surface area (Å²) >= 11 is 0. The number of carbonyl (C=O) groups is 1. The Balaban J connectivity index is 1.63. The molecule has 0 aromatic heterocycles. The van der Waals surface area contributed by atoms with E-state index in [0.29, 0.717) is 37.0 Å². The summed E-state index contributed by atoms with van der Waals surface area (Å²) in [5, 5.41) is 5.00. The van der Waals surface area contributed by atoms with Crippen molar-refractivity contribution >= 4 is 16.7 Å². The van der Waals surface area contributed by atoms with Crippen molar-refractivity contribution in [3.8, 4) is 17.2 Å². The van der Waals surface area contributed by atoms with E-state index in [2.05, 4.69) is 5.32 Å². The van der Waals surface area contributed by atoms with Gasteiger partial charge < -0.3 is 19.5 Å². The summed E-state index contributed by atoms with van der Waals surface area (Å²) in [7, 11) is 0. The zero-order valence-electron chi connectivity index (χ0n) is 17.1. The number of rotatable bonds is 9. The lowest BCUT2D eigenvalue weighted by molar-refractivity contribution is -0.127. The first kappa shape index (κ1) is 20.5. The average Bonchev–Trinajstić information content (AvgIpc) is 2.74. The molecular weight excluding hydrogens is 366 g/mol. The van der Waals surface area contributed by atoms with Crippen molar-refractivity contribution in [2.45, 2.75) is 33.4 Å². The molecule has 1 N–H and O–H groups in total. The highest BCUT2D eigenvalue weighted by atomic mass is 16.5. The molecule has 0 bridgehead atoms. The summed E-state index contributed by atoms with van der Waals surface area (Å²) in [5.74, 6) is 1.91. The Morgan fingerprint density at radius 3 is 2.41 bits per heavy atom. The maximum absolute atomic E-state index is 12.5. The topological polar surface area (TPSA) is 56.8 Å². The summed E-state index contributed by atoms with van der Waals surface area (Å²) in [6.45, 7) is 7.11. The highest BCUT2D eigenvalue weighted by Gasteiger charge is 2.16. The van der Waals surface area contributed by atoms with Gasteiger partial charge in [-0.15, -0.1) is 0 Å². The minimum Gasteiger partial charge on any atom is -0.490 e. The van der Waals surface area contributed by atoms with Gasteiger partial charge in [-0.2, -0.15) is 0 Å². The fraction of sp³-hybridized carbons (Fsp3) is 0.292. The number of hydrogen-bond donors (Lipinski definition) is 1. The van der Waals surface area contributed by atoms with E-state index in [4.69, 9.17) is 14.2 Å². The van der Waals surface area contributed by atoms with Crippen LogP contribution in [0.25, 0.3) is 10.8 Å². The molecule has 0 aliphatic heterocycles. The smallest absolute Gasteiger partial charge is 0.261 e. The second-order valence-electron chi connectivity index (χ2n) is 6.60. The van der Waals surface area contributed by atoms with Crippen LogP contribution in [0.1, 0.15) is 26.3 Å². The van der Waals surface area contributed by atoms with Gasteiger partial charge in [0, 0.05) is 11.9 Å². The summed E-state index contributed by atoms with van der Waals surface area (Å²) in [6.07, 6.45) is -0.616. The van der Waals surface area contributed by atoms with Gasteiger partial charge in [0.2, 0.25) is 0 Å². The standard InChI is InChI=1S/C24H27NO4/c1-4-27-22-14-13-18(15-23(22)28-5-2)16-25-24(26)17(3)29-21-12-8-10-19-9-6-7-11-20(19)21/h6-15,17H,4-5,16H2,1-3H3,(H,25,26). The van der Waals surface area contributed by atoms with Crippen molar-refractivity contribution in [1.82, 2.24) is 5.32 Å². The molecule has 1 amide bonds. The highest BCUT2D eigenvalue weighted by Crippen LogP contribution is 2.29. The molecule has 5 nitrogen and oxygen atoms in total. The molecule has 1 atom stereocenters. The van der Waals surface area contributed by atoms with Gasteiger partial charge in [0.05, 0.1) is 13.2 Å². The van der Waals surface area contributed by atoms with E-state index in [1.165, 1.54) is 0 Å². The van der Waals surface area contributed by atoms with Gasteiger partial charge in [-0.3, -0.25) is 4.79 Å². The molecule has 0 radical (unpaired) electrons. The van der Waals surface area contributed by atoms with E-state index in [1.54, 1.807) is 6.92 Å². The van der Waals surface area contributed by atoms with Crippen LogP contribution in [0.15, 0.2) is 60.7 Å². The van der Waals surface area contributed by atoms with Gasteiger partial charge in [-0.1, -0.05) is 42.5 Å². The molecule has 152 valence electrons. The zero-order chi connectivity index (χ0) is 20.6. The molecule has 0 fully saturated rings. The van der Waals surface area contributed by atoms with Crippen LogP contribution in [0.3, 0.4) is 0 Å². The molecule has 0 aliphatic carbocycles. The summed E-state index contributed by atoms with van der Waals surface area (Å²) in [5.41, 5.74) is 0.933. The number of carbonyl (C=O) groups excluding carboxylic acids is 1. The molecule has 3 aromatic rings. The number of hydrogen-bond acceptors (Lipinski definition) is 4. The third kappa shape index (κ3) is 5.19. The Morgan fingerprint density at radius 2 is 1.62 bits per heavy atom. The molecule has 29 heavy (non-hydrogen) atoms. The summed E-state index contributed by atoms with van der Waals surface area (Å²) in [4.78, 5) is 12.5. The number of fused-ring (bicyclic) bond motifs is 1. The van der Waals surface area contributed by atoms with Crippen LogP contribution in [0.2, 0.25) is 0 Å². The largest absolute Gasteiger partial charge is 0.490 e. The molecule has 0 saturated carbocycles. The van der Waals surface area contributed by atoms with Gasteiger partial charge in [0.25, 0.3) is 5.91 Å². The van der Waals surface area contributed by atoms with E-state index in [0.717, 1.165) is 16.3 Å². The van der Waals surface area contributed by atoms with Crippen molar-refractivity contribution in [1.29, 1.82) is 0 Å². The van der Waals surface area contributed by atoms with Gasteiger partial charge in [0.1, 0.15) is 5.75 Å². The monoisotopic (exact) mass is 393 g/mol. The van der Waals surface area contributed by atoms with E-state index in [9.17, 15) is 4.79 Å². The first-order valence-corrected chi connectivity index (χ1v) is 9.93. The lowest BCUT2D eigenvalue weighted by Crippen LogP contribution is -2.35. The Kier molecular flexibility index (Phi) is 6.95. The van der Waals surface area contributed by atoms with Crippen molar-refractivity contribution in [2.75, 3.05) is 13.2 Å². The molecule has 0 aliphatic rings. The van der Waals surface area contributed by atoms with Crippen LogP contribution in [0.5, 0.6) is 17.2 Å². The average molecular weight is 393 g/mol. The van der Waals surface area contributed by atoms with E-state index < -0.39 is 6.10 Å². The Labute approximate surface area is 171 Å². The molecule has 0 spiro atoms. The summed E-state index contributed by atoms with van der Waals surface area (Å²) in [6, 6.07) is 19.5. The second kappa shape index (κ2) is 9.82. The third-order valence-electron chi connectivity index (χ3n) is 4.50. The second-order valence-corrected chi connectivity index (χ2v) is 6.60. The van der Waals surface area contributed by atoms with E-state index >= 15 is 0 Å². The molecule has 5 heteroatoms. The molecule has 0 heterocycles. The lowest BCUT2D eigenvalue weighted by Gasteiger charge is -2.17. The number of nitrogens with one attached hydrogen (secondary N) is 1. The van der Waals surface area contributed by atoms with Crippen LogP contribution < -0.4 is 19.5 Å². The first-order valence-electron chi connectivity index (χ1n) is 9.93. The van der Waals surface area contributed by atoms with Gasteiger partial charge >= 0.3 is 0 Å². The number of amides is 1. The fourth-order valence-electron chi connectivity index (χ4n) is 3.08. The van der Waals surface area contributed by atoms with Crippen molar-refractivity contribution in [3.05, 3.63) is 66.2 Å². The maximum atomic E-state index is 12.5. The van der Waals surface area contributed by atoms with Crippen LogP contribution in [0, 0.1) is 0 Å². The van der Waals surface area contributed by atoms with Crippen molar-refractivity contribution in [3.63, 3.8) is 0 Å². The summed E-state index contributed by atoms with van der Waals surface area (Å²) < 4.78 is 17.2. The van der Waals surface area contributed by atoms with Gasteiger partial charge in [-0.25, -0.2) is 0 Å². The predicted octanol–water partition coefficient (Wildman–Crippen LogP) is 4.72. The normalized spacial score (nSPS) is 11.7. The minimum atomic E-state index is -0.616. The fourth-order valence-corrected chi connectivity index (χ4v) is 3.08. The van der Waals surface area contributed by atoms with Crippen LogP contribution >= 0.6 is 0 Å². The van der Waals surface area contributed by atoms with Gasteiger partial charge in [-0.05, 0) is 49.9 Å². The zero-order valence-corrected chi connectivity index (χ0v) is 17.1. The SMILES string of the molecule is CCOc1ccc(CNC(=O)C(C)Oc2cccc3ccccc23)cc1OCC. The molecule has 0 saturated heterocycles.